The van der Waals surface area contributed by atoms with E-state index < -0.39 is 0 Å². The summed E-state index contributed by atoms with van der Waals surface area (Å²) in [5, 5.41) is 5.61. The molecule has 1 unspecified atom stereocenters. The number of thioether (sulfide) groups is 1. The first-order valence-corrected chi connectivity index (χ1v) is 12.8. The molecule has 0 aliphatic carbocycles. The fraction of sp³-hybridized carbons (Fsp3) is 0.783. The lowest BCUT2D eigenvalue weighted by atomic mass is 10.1. The third kappa shape index (κ3) is 24.8. The fourth-order valence-electron chi connectivity index (χ4n) is 3.39. The second kappa shape index (κ2) is 31.2. The summed E-state index contributed by atoms with van der Waals surface area (Å²) in [5.74, 6) is 1.38. The molecule has 0 aromatic carbocycles. The van der Waals surface area contributed by atoms with Crippen molar-refractivity contribution in [2.75, 3.05) is 32.1 Å². The third-order valence-electron chi connectivity index (χ3n) is 4.88. The number of hydroxylamine groups is 2. The van der Waals surface area contributed by atoms with Crippen molar-refractivity contribution in [1.82, 2.24) is 10.4 Å². The van der Waals surface area contributed by atoms with Gasteiger partial charge >= 0.3 is 5.97 Å². The van der Waals surface area contributed by atoms with Gasteiger partial charge in [-0.2, -0.15) is 11.8 Å². The van der Waals surface area contributed by atoms with Crippen LogP contribution < -0.4 is 16.8 Å². The van der Waals surface area contributed by atoms with E-state index in [0.29, 0.717) is 12.8 Å². The van der Waals surface area contributed by atoms with Crippen molar-refractivity contribution in [2.24, 2.45) is 11.5 Å². The van der Waals surface area contributed by atoms with Gasteiger partial charge in [0.25, 0.3) is 0 Å². The molecule has 0 aromatic heterocycles. The van der Waals surface area contributed by atoms with E-state index in [-0.39, 0.29) is 18.5 Å². The van der Waals surface area contributed by atoms with Crippen molar-refractivity contribution in [3.63, 3.8) is 0 Å². The molecule has 0 aromatic rings. The Balaban J connectivity index is -0.000000945. The SMILES string of the molecule is C=O.C=O.C=O.NCN.O=C(CCCCC1CCCS1)NCCCCCC(=O)ON1CCCC1. The van der Waals surface area contributed by atoms with E-state index in [4.69, 9.17) is 19.2 Å². The Morgan fingerprint density at radius 2 is 1.47 bits per heavy atom. The highest BCUT2D eigenvalue weighted by Crippen LogP contribution is 2.29. The Labute approximate surface area is 209 Å². The summed E-state index contributed by atoms with van der Waals surface area (Å²) in [6, 6.07) is 0. The largest absolute Gasteiger partial charge is 0.368 e. The van der Waals surface area contributed by atoms with Crippen LogP contribution in [0.15, 0.2) is 0 Å². The van der Waals surface area contributed by atoms with Crippen LogP contribution in [0, 0.1) is 0 Å². The molecular weight excluding hydrogens is 460 g/mol. The molecule has 2 fully saturated rings. The van der Waals surface area contributed by atoms with E-state index in [9.17, 15) is 9.59 Å². The Bertz CT molecular complexity index is 460. The van der Waals surface area contributed by atoms with E-state index in [0.717, 1.165) is 63.4 Å². The highest BCUT2D eigenvalue weighted by atomic mass is 32.2. The summed E-state index contributed by atoms with van der Waals surface area (Å²) in [6.45, 7) is 8.72. The normalized spacial score (nSPS) is 16.1. The molecule has 2 aliphatic heterocycles. The van der Waals surface area contributed by atoms with Crippen LogP contribution in [0.25, 0.3) is 0 Å². The lowest BCUT2D eigenvalue weighted by Crippen LogP contribution is -2.24. The predicted molar refractivity (Wildman–Crippen MR) is 137 cm³/mol. The van der Waals surface area contributed by atoms with Crippen molar-refractivity contribution in [3.8, 4) is 0 Å². The minimum Gasteiger partial charge on any atom is -0.368 e. The van der Waals surface area contributed by atoms with E-state index in [1.807, 2.05) is 20.4 Å². The number of carbonyl (C=O) groups excluding carboxylic acids is 5. The fourth-order valence-corrected chi connectivity index (χ4v) is 4.72. The quantitative estimate of drug-likeness (QED) is 0.263. The molecule has 200 valence electrons. The number of carbonyl (C=O) groups is 5. The summed E-state index contributed by atoms with van der Waals surface area (Å²) >= 11 is 2.10. The maximum absolute atomic E-state index is 11.8. The molecular formula is C23H46N4O6S. The van der Waals surface area contributed by atoms with Crippen molar-refractivity contribution in [2.45, 2.75) is 82.3 Å². The number of hydrogen-bond acceptors (Lipinski definition) is 10. The Morgan fingerprint density at radius 3 is 2.03 bits per heavy atom. The summed E-state index contributed by atoms with van der Waals surface area (Å²) in [5.41, 5.74) is 9.25. The monoisotopic (exact) mass is 506 g/mol. The Morgan fingerprint density at radius 1 is 0.882 bits per heavy atom. The number of amides is 1. The van der Waals surface area contributed by atoms with Crippen LogP contribution in [0.3, 0.4) is 0 Å². The van der Waals surface area contributed by atoms with Gasteiger partial charge in [-0.3, -0.25) is 9.59 Å². The highest BCUT2D eigenvalue weighted by molar-refractivity contribution is 8.00. The zero-order chi connectivity index (χ0) is 26.5. The molecule has 11 heteroatoms. The van der Waals surface area contributed by atoms with Gasteiger partial charge in [0.15, 0.2) is 0 Å². The van der Waals surface area contributed by atoms with E-state index in [1.54, 1.807) is 5.06 Å². The number of nitrogens with two attached hydrogens (primary N) is 2. The number of nitrogens with one attached hydrogen (secondary N) is 1. The maximum atomic E-state index is 11.8. The van der Waals surface area contributed by atoms with Crippen molar-refractivity contribution < 1.29 is 28.8 Å². The Hall–Kier alpha value is -1.82. The van der Waals surface area contributed by atoms with Crippen LogP contribution in [0.4, 0.5) is 0 Å². The summed E-state index contributed by atoms with van der Waals surface area (Å²) < 4.78 is 0. The zero-order valence-electron chi connectivity index (χ0n) is 20.7. The van der Waals surface area contributed by atoms with Gasteiger partial charge in [0.2, 0.25) is 5.91 Å². The van der Waals surface area contributed by atoms with Crippen molar-refractivity contribution in [3.05, 3.63) is 0 Å². The summed E-state index contributed by atoms with van der Waals surface area (Å²) in [6.07, 6.45) is 12.3. The average Bonchev–Trinajstić information content (AvgIpc) is 3.58. The van der Waals surface area contributed by atoms with Gasteiger partial charge in [-0.25, -0.2) is 0 Å². The number of unbranched alkanes of at least 4 members (excludes halogenated alkanes) is 3. The molecule has 34 heavy (non-hydrogen) atoms. The highest BCUT2D eigenvalue weighted by Gasteiger charge is 2.16. The van der Waals surface area contributed by atoms with Crippen LogP contribution >= 0.6 is 11.8 Å². The summed E-state index contributed by atoms with van der Waals surface area (Å²) in [4.78, 5) is 52.7. The van der Waals surface area contributed by atoms with E-state index >= 15 is 0 Å². The van der Waals surface area contributed by atoms with Gasteiger partial charge < -0.3 is 36.0 Å². The molecule has 2 aliphatic rings. The van der Waals surface area contributed by atoms with E-state index in [2.05, 4.69) is 28.5 Å². The van der Waals surface area contributed by atoms with Crippen LogP contribution in [0.1, 0.15) is 77.0 Å². The molecule has 0 radical (unpaired) electrons. The molecule has 0 bridgehead atoms. The van der Waals surface area contributed by atoms with Gasteiger partial charge in [-0.15, -0.1) is 5.06 Å². The topological polar surface area (TPSA) is 162 Å². The lowest BCUT2D eigenvalue weighted by Gasteiger charge is -2.13. The standard InChI is InChI=1S/C19H34N2O3S.CH6N2.3CH2O/c22-18(11-4-3-9-17-10-8-16-25-17)20-13-5-1-2-12-19(23)24-21-14-6-7-15-21;2-1-3;3*1-2/h17H,1-16H2,(H,20,22);1-3H2;3*1H2. The molecule has 2 saturated heterocycles. The van der Waals surface area contributed by atoms with Crippen LogP contribution in [-0.2, 0) is 28.8 Å². The van der Waals surface area contributed by atoms with Gasteiger partial charge in [0, 0.05) is 44.4 Å². The molecule has 2 rings (SSSR count). The molecule has 1 atom stereocenters. The van der Waals surface area contributed by atoms with E-state index in [1.165, 1.54) is 31.4 Å². The zero-order valence-corrected chi connectivity index (χ0v) is 21.5. The van der Waals surface area contributed by atoms with Gasteiger partial charge in [0.1, 0.15) is 20.4 Å². The molecule has 2 heterocycles. The maximum Gasteiger partial charge on any atom is 0.325 e. The second-order valence-electron chi connectivity index (χ2n) is 7.38. The van der Waals surface area contributed by atoms with Gasteiger partial charge in [-0.1, -0.05) is 12.8 Å². The molecule has 0 spiro atoms. The minimum atomic E-state index is -0.119. The number of hydrogen-bond donors (Lipinski definition) is 3. The average molecular weight is 507 g/mol. The molecule has 5 N–H and O–H groups in total. The number of nitrogens with zero attached hydrogens (tertiary/aromatic N) is 1. The molecule has 10 nitrogen and oxygen atoms in total. The predicted octanol–water partition coefficient (Wildman–Crippen LogP) is 1.98. The lowest BCUT2D eigenvalue weighted by molar-refractivity contribution is -0.185. The minimum absolute atomic E-state index is 0.119. The smallest absolute Gasteiger partial charge is 0.325 e. The first-order chi connectivity index (χ1) is 16.7. The Kier molecular flexibility index (Phi) is 33.7. The van der Waals surface area contributed by atoms with Gasteiger partial charge in [-0.05, 0) is 57.1 Å². The second-order valence-corrected chi connectivity index (χ2v) is 8.78. The first-order valence-electron chi connectivity index (χ1n) is 11.8. The first kappa shape index (κ1) is 36.7. The van der Waals surface area contributed by atoms with Crippen LogP contribution in [0.2, 0.25) is 0 Å². The van der Waals surface area contributed by atoms with Crippen LogP contribution in [0.5, 0.6) is 0 Å². The summed E-state index contributed by atoms with van der Waals surface area (Å²) in [7, 11) is 0. The van der Waals surface area contributed by atoms with Gasteiger partial charge in [0.05, 0.1) is 0 Å². The van der Waals surface area contributed by atoms with Crippen LogP contribution in [-0.4, -0.2) is 74.6 Å². The van der Waals surface area contributed by atoms with Crippen molar-refractivity contribution >= 4 is 44.0 Å². The molecule has 1 amide bonds. The molecule has 0 saturated carbocycles. The third-order valence-corrected chi connectivity index (χ3v) is 6.35. The van der Waals surface area contributed by atoms with Crippen molar-refractivity contribution in [1.29, 1.82) is 0 Å². The number of rotatable bonds is 12.